The number of allylic oxidation sites excluding steroid dienone is 2. The van der Waals surface area contributed by atoms with Gasteiger partial charge in [-0.3, -0.25) is 0 Å². The first-order valence-corrected chi connectivity index (χ1v) is 4.22. The number of halogens is 5. The van der Waals surface area contributed by atoms with Crippen LogP contribution in [0.15, 0.2) is 42.5 Å². The van der Waals surface area contributed by atoms with Crippen LogP contribution in [0.2, 0.25) is 5.02 Å². The Morgan fingerprint density at radius 2 is 1.53 bits per heavy atom. The van der Waals surface area contributed by atoms with Crippen molar-refractivity contribution in [2.75, 3.05) is 0 Å². The number of hydrogen-bond acceptors (Lipinski definition) is 0. The largest absolute Gasteiger partial charge is 0.278 e. The minimum Gasteiger partial charge on any atom is -0.173 e. The van der Waals surface area contributed by atoms with Crippen LogP contribution in [-0.4, -0.2) is 0 Å². The van der Waals surface area contributed by atoms with Gasteiger partial charge in [-0.25, -0.2) is 0 Å². The molecule has 15 heavy (non-hydrogen) atoms. The van der Waals surface area contributed by atoms with Crippen LogP contribution in [0.3, 0.4) is 0 Å². The fraction of sp³-hybridized carbons (Fsp3) is 0. The maximum absolute atomic E-state index is 12.3. The summed E-state index contributed by atoms with van der Waals surface area (Å²) in [7, 11) is 0. The van der Waals surface area contributed by atoms with Gasteiger partial charge in [0.1, 0.15) is 0 Å². The standard InChI is InChI=1S/C10H5ClF4/c11-7-3-1-6(2-4-7)8(10(14)15)5-9(12)13/h1-5H. The summed E-state index contributed by atoms with van der Waals surface area (Å²) in [5, 5.41) is 0.349. The third-order valence-corrected chi connectivity index (χ3v) is 1.86. The molecule has 1 aromatic carbocycles. The van der Waals surface area contributed by atoms with Gasteiger partial charge in [-0.1, -0.05) is 23.7 Å². The van der Waals surface area contributed by atoms with E-state index in [1.165, 1.54) is 24.3 Å². The fourth-order valence-corrected chi connectivity index (χ4v) is 1.11. The van der Waals surface area contributed by atoms with Gasteiger partial charge >= 0.3 is 0 Å². The normalized spacial score (nSPS) is 9.67. The predicted octanol–water partition coefficient (Wildman–Crippen LogP) is 4.73. The lowest BCUT2D eigenvalue weighted by atomic mass is 10.1. The van der Waals surface area contributed by atoms with Crippen LogP contribution in [0, 0.1) is 0 Å². The molecule has 0 radical (unpaired) electrons. The first-order chi connectivity index (χ1) is 7.00. The summed E-state index contributed by atoms with van der Waals surface area (Å²) in [5.41, 5.74) is -0.807. The van der Waals surface area contributed by atoms with E-state index in [0.717, 1.165) is 0 Å². The van der Waals surface area contributed by atoms with E-state index >= 15 is 0 Å². The van der Waals surface area contributed by atoms with E-state index in [9.17, 15) is 17.6 Å². The Balaban J connectivity index is 3.18. The topological polar surface area (TPSA) is 0 Å². The highest BCUT2D eigenvalue weighted by Gasteiger charge is 2.08. The molecule has 5 heteroatoms. The zero-order valence-corrected chi connectivity index (χ0v) is 8.03. The van der Waals surface area contributed by atoms with Gasteiger partial charge in [0.15, 0.2) is 0 Å². The van der Waals surface area contributed by atoms with E-state index in [4.69, 9.17) is 11.6 Å². The van der Waals surface area contributed by atoms with Crippen LogP contribution < -0.4 is 0 Å². The molecule has 0 saturated carbocycles. The Morgan fingerprint density at radius 1 is 1.00 bits per heavy atom. The van der Waals surface area contributed by atoms with Gasteiger partial charge in [-0.2, -0.15) is 17.6 Å². The van der Waals surface area contributed by atoms with Crippen LogP contribution in [-0.2, 0) is 0 Å². The van der Waals surface area contributed by atoms with Crippen molar-refractivity contribution in [2.24, 2.45) is 0 Å². The fourth-order valence-electron chi connectivity index (χ4n) is 0.986. The summed E-state index contributed by atoms with van der Waals surface area (Å²) in [4.78, 5) is 0. The molecule has 0 fully saturated rings. The Bertz CT molecular complexity index is 398. The molecule has 0 nitrogen and oxygen atoms in total. The molecule has 0 N–H and O–H groups in total. The minimum atomic E-state index is -2.17. The van der Waals surface area contributed by atoms with Crippen LogP contribution in [0.4, 0.5) is 17.6 Å². The lowest BCUT2D eigenvalue weighted by Crippen LogP contribution is -1.82. The van der Waals surface area contributed by atoms with E-state index in [2.05, 4.69) is 0 Å². The molecular weight excluding hydrogens is 232 g/mol. The first kappa shape index (κ1) is 11.8. The molecule has 0 aromatic heterocycles. The summed E-state index contributed by atoms with van der Waals surface area (Å²) < 4.78 is 48.4. The summed E-state index contributed by atoms with van der Waals surface area (Å²) >= 11 is 5.53. The number of hydrogen-bond donors (Lipinski definition) is 0. The molecule has 0 aliphatic heterocycles. The van der Waals surface area contributed by atoms with E-state index in [-0.39, 0.29) is 11.6 Å². The predicted molar refractivity (Wildman–Crippen MR) is 50.9 cm³/mol. The highest BCUT2D eigenvalue weighted by molar-refractivity contribution is 6.30. The molecule has 0 amide bonds. The summed E-state index contributed by atoms with van der Waals surface area (Å²) in [5.74, 6) is 0. The van der Waals surface area contributed by atoms with Crippen LogP contribution >= 0.6 is 11.6 Å². The number of rotatable bonds is 2. The zero-order chi connectivity index (χ0) is 11.4. The summed E-state index contributed by atoms with van der Waals surface area (Å²) in [6.07, 6.45) is -4.21. The molecule has 0 unspecified atom stereocenters. The smallest absolute Gasteiger partial charge is 0.173 e. The molecule has 0 aliphatic rings. The summed E-state index contributed by atoms with van der Waals surface area (Å²) in [6.45, 7) is 0. The Morgan fingerprint density at radius 3 is 1.93 bits per heavy atom. The van der Waals surface area contributed by atoms with E-state index in [1.807, 2.05) is 0 Å². The number of benzene rings is 1. The molecule has 1 aromatic rings. The van der Waals surface area contributed by atoms with Gasteiger partial charge < -0.3 is 0 Å². The monoisotopic (exact) mass is 236 g/mol. The van der Waals surface area contributed by atoms with Crippen molar-refractivity contribution in [2.45, 2.75) is 0 Å². The third-order valence-electron chi connectivity index (χ3n) is 1.61. The molecule has 0 spiro atoms. The second-order valence-electron chi connectivity index (χ2n) is 2.61. The maximum Gasteiger partial charge on any atom is 0.278 e. The van der Waals surface area contributed by atoms with Crippen LogP contribution in [0.25, 0.3) is 5.57 Å². The van der Waals surface area contributed by atoms with E-state index in [0.29, 0.717) is 5.02 Å². The molecule has 1 rings (SSSR count). The van der Waals surface area contributed by atoms with Crippen molar-refractivity contribution in [3.8, 4) is 0 Å². The molecule has 0 saturated heterocycles. The lowest BCUT2D eigenvalue weighted by molar-refractivity contribution is 0.414. The molecule has 0 aliphatic carbocycles. The highest BCUT2D eigenvalue weighted by Crippen LogP contribution is 2.25. The third kappa shape index (κ3) is 3.40. The Kier molecular flexibility index (Phi) is 3.91. The second kappa shape index (κ2) is 4.98. The van der Waals surface area contributed by atoms with Gasteiger partial charge in [0.05, 0.1) is 5.57 Å². The molecule has 80 valence electrons. The van der Waals surface area contributed by atoms with Gasteiger partial charge in [0, 0.05) is 11.1 Å². The van der Waals surface area contributed by atoms with Crippen molar-refractivity contribution in [1.82, 2.24) is 0 Å². The first-order valence-electron chi connectivity index (χ1n) is 3.84. The van der Waals surface area contributed by atoms with Crippen molar-refractivity contribution < 1.29 is 17.6 Å². The van der Waals surface area contributed by atoms with Crippen molar-refractivity contribution in [1.29, 1.82) is 0 Å². The van der Waals surface area contributed by atoms with Crippen molar-refractivity contribution >= 4 is 17.2 Å². The molecule has 0 atom stereocenters. The molecule has 0 heterocycles. The van der Waals surface area contributed by atoms with Gasteiger partial charge in [0.25, 0.3) is 12.2 Å². The second-order valence-corrected chi connectivity index (χ2v) is 3.05. The average Bonchev–Trinajstić information content (AvgIpc) is 2.15. The van der Waals surface area contributed by atoms with Crippen molar-refractivity contribution in [3.05, 3.63) is 53.1 Å². The van der Waals surface area contributed by atoms with E-state index in [1.54, 1.807) is 0 Å². The highest BCUT2D eigenvalue weighted by atomic mass is 35.5. The lowest BCUT2D eigenvalue weighted by Gasteiger charge is -2.00. The Hall–Kier alpha value is -1.29. The minimum absolute atomic E-state index is 0.00722. The van der Waals surface area contributed by atoms with Gasteiger partial charge in [-0.15, -0.1) is 0 Å². The summed E-state index contributed by atoms with van der Waals surface area (Å²) in [6, 6.07) is 5.19. The van der Waals surface area contributed by atoms with Crippen LogP contribution in [0.5, 0.6) is 0 Å². The van der Waals surface area contributed by atoms with Crippen LogP contribution in [0.1, 0.15) is 5.56 Å². The molecular formula is C10H5ClF4. The quantitative estimate of drug-likeness (QED) is 0.514. The van der Waals surface area contributed by atoms with E-state index < -0.39 is 17.7 Å². The maximum atomic E-state index is 12.3. The van der Waals surface area contributed by atoms with Gasteiger partial charge in [0.2, 0.25) is 0 Å². The SMILES string of the molecule is FC(F)=CC(=C(F)F)c1ccc(Cl)cc1. The van der Waals surface area contributed by atoms with Gasteiger partial charge in [-0.05, 0) is 17.7 Å². The molecule has 0 bridgehead atoms. The Labute approximate surface area is 88.5 Å². The average molecular weight is 237 g/mol. The van der Waals surface area contributed by atoms with Crippen molar-refractivity contribution in [3.63, 3.8) is 0 Å². The zero-order valence-electron chi connectivity index (χ0n) is 7.28.